The summed E-state index contributed by atoms with van der Waals surface area (Å²) in [6, 6.07) is 0.0475. The number of nitrogens with two attached hydrogens (primary N) is 1. The van der Waals surface area contributed by atoms with Crippen molar-refractivity contribution in [3.63, 3.8) is 0 Å². The number of ether oxygens (including phenoxy) is 1. The summed E-state index contributed by atoms with van der Waals surface area (Å²) < 4.78 is 5.26. The van der Waals surface area contributed by atoms with Gasteiger partial charge >= 0.3 is 0 Å². The molecule has 0 radical (unpaired) electrons. The number of aromatic nitrogens is 1. The van der Waals surface area contributed by atoms with Crippen LogP contribution in [0.15, 0.2) is 5.38 Å². The Labute approximate surface area is 113 Å². The van der Waals surface area contributed by atoms with Crippen LogP contribution in [0.3, 0.4) is 0 Å². The van der Waals surface area contributed by atoms with Crippen LogP contribution in [0.5, 0.6) is 0 Å². The van der Waals surface area contributed by atoms with Gasteiger partial charge in [0, 0.05) is 25.6 Å². The van der Waals surface area contributed by atoms with Crippen LogP contribution in [0.1, 0.15) is 36.5 Å². The summed E-state index contributed by atoms with van der Waals surface area (Å²) in [6.07, 6.45) is 2.55. The number of likely N-dealkylation sites (tertiary alicyclic amines) is 1. The van der Waals surface area contributed by atoms with Crippen LogP contribution in [0.25, 0.3) is 0 Å². The largest absolute Gasteiger partial charge is 0.384 e. The molecule has 0 amide bonds. The first-order valence-corrected chi connectivity index (χ1v) is 7.48. The van der Waals surface area contributed by atoms with E-state index in [2.05, 4.69) is 15.3 Å². The standard InChI is InChI=1S/C13H23N3OS/c1-10(14)13-15-12(9-18-13)7-16-5-3-4-11(6-16)8-17-2/h9-11H,3-8,14H2,1-2H3. The van der Waals surface area contributed by atoms with E-state index in [0.29, 0.717) is 5.92 Å². The van der Waals surface area contributed by atoms with Gasteiger partial charge in [0.15, 0.2) is 0 Å². The van der Waals surface area contributed by atoms with Crippen molar-refractivity contribution in [1.82, 2.24) is 9.88 Å². The van der Waals surface area contributed by atoms with Gasteiger partial charge in [0.1, 0.15) is 5.01 Å². The van der Waals surface area contributed by atoms with Gasteiger partial charge in [-0.15, -0.1) is 11.3 Å². The molecule has 1 aliphatic heterocycles. The zero-order valence-electron chi connectivity index (χ0n) is 11.3. The van der Waals surface area contributed by atoms with Crippen LogP contribution in [-0.2, 0) is 11.3 Å². The number of thiazole rings is 1. The fourth-order valence-corrected chi connectivity index (χ4v) is 3.27. The minimum atomic E-state index is 0.0475. The number of nitrogens with zero attached hydrogens (tertiary/aromatic N) is 2. The lowest BCUT2D eigenvalue weighted by molar-refractivity contribution is 0.0868. The van der Waals surface area contributed by atoms with E-state index in [-0.39, 0.29) is 6.04 Å². The minimum Gasteiger partial charge on any atom is -0.384 e. The Bertz CT molecular complexity index is 365. The van der Waals surface area contributed by atoms with Crippen molar-refractivity contribution in [3.05, 3.63) is 16.1 Å². The summed E-state index contributed by atoms with van der Waals surface area (Å²) >= 11 is 1.67. The molecule has 102 valence electrons. The number of rotatable bonds is 5. The van der Waals surface area contributed by atoms with Crippen molar-refractivity contribution in [3.8, 4) is 0 Å². The van der Waals surface area contributed by atoms with E-state index in [1.807, 2.05) is 6.92 Å². The lowest BCUT2D eigenvalue weighted by Gasteiger charge is -2.31. The van der Waals surface area contributed by atoms with Gasteiger partial charge in [-0.05, 0) is 32.2 Å². The number of hydrogen-bond acceptors (Lipinski definition) is 5. The van der Waals surface area contributed by atoms with E-state index in [9.17, 15) is 0 Å². The summed E-state index contributed by atoms with van der Waals surface area (Å²) in [5.74, 6) is 0.676. The van der Waals surface area contributed by atoms with Crippen LogP contribution in [-0.4, -0.2) is 36.7 Å². The minimum absolute atomic E-state index is 0.0475. The first-order chi connectivity index (χ1) is 8.69. The van der Waals surface area contributed by atoms with Crippen molar-refractivity contribution in [2.75, 3.05) is 26.8 Å². The number of methoxy groups -OCH3 is 1. The third kappa shape index (κ3) is 3.75. The normalized spacial score (nSPS) is 23.2. The Kier molecular flexibility index (Phi) is 5.12. The van der Waals surface area contributed by atoms with Gasteiger partial charge in [-0.25, -0.2) is 4.98 Å². The van der Waals surface area contributed by atoms with E-state index < -0.39 is 0 Å². The van der Waals surface area contributed by atoms with Crippen LogP contribution in [0.4, 0.5) is 0 Å². The van der Waals surface area contributed by atoms with Crippen molar-refractivity contribution < 1.29 is 4.74 Å². The molecule has 1 aromatic heterocycles. The average molecular weight is 269 g/mol. The van der Waals surface area contributed by atoms with Gasteiger partial charge in [0.25, 0.3) is 0 Å². The van der Waals surface area contributed by atoms with E-state index in [1.54, 1.807) is 18.4 Å². The second-order valence-corrected chi connectivity index (χ2v) is 6.05. The molecule has 5 heteroatoms. The first kappa shape index (κ1) is 13.9. The van der Waals surface area contributed by atoms with Crippen molar-refractivity contribution in [2.45, 2.75) is 32.4 Å². The molecule has 2 unspecified atom stereocenters. The Hall–Kier alpha value is -0.490. The second-order valence-electron chi connectivity index (χ2n) is 5.16. The summed E-state index contributed by atoms with van der Waals surface area (Å²) in [5, 5.41) is 3.17. The van der Waals surface area contributed by atoms with Crippen LogP contribution < -0.4 is 5.73 Å². The Morgan fingerprint density at radius 3 is 3.17 bits per heavy atom. The lowest BCUT2D eigenvalue weighted by Crippen LogP contribution is -2.36. The quantitative estimate of drug-likeness (QED) is 0.888. The summed E-state index contributed by atoms with van der Waals surface area (Å²) in [5.41, 5.74) is 7.00. The van der Waals surface area contributed by atoms with E-state index in [0.717, 1.165) is 30.4 Å². The molecule has 1 saturated heterocycles. The van der Waals surface area contributed by atoms with Crippen molar-refractivity contribution in [2.24, 2.45) is 11.7 Å². The molecule has 0 aliphatic carbocycles. The van der Waals surface area contributed by atoms with Crippen LogP contribution in [0, 0.1) is 5.92 Å². The van der Waals surface area contributed by atoms with E-state index in [4.69, 9.17) is 10.5 Å². The maximum absolute atomic E-state index is 5.84. The molecular weight excluding hydrogens is 246 g/mol. The van der Waals surface area contributed by atoms with Gasteiger partial charge in [-0.2, -0.15) is 0 Å². The monoisotopic (exact) mass is 269 g/mol. The zero-order chi connectivity index (χ0) is 13.0. The van der Waals surface area contributed by atoms with Crippen molar-refractivity contribution in [1.29, 1.82) is 0 Å². The molecule has 0 bridgehead atoms. The maximum atomic E-state index is 5.84. The molecule has 2 N–H and O–H groups in total. The highest BCUT2D eigenvalue weighted by atomic mass is 32.1. The van der Waals surface area contributed by atoms with Gasteiger partial charge in [0.05, 0.1) is 18.3 Å². The molecule has 18 heavy (non-hydrogen) atoms. The van der Waals surface area contributed by atoms with E-state index >= 15 is 0 Å². The summed E-state index contributed by atoms with van der Waals surface area (Å²) in [4.78, 5) is 7.07. The van der Waals surface area contributed by atoms with Gasteiger partial charge in [-0.3, -0.25) is 4.90 Å². The Morgan fingerprint density at radius 2 is 2.50 bits per heavy atom. The van der Waals surface area contributed by atoms with Gasteiger partial charge < -0.3 is 10.5 Å². The predicted molar refractivity (Wildman–Crippen MR) is 74.6 cm³/mol. The number of hydrogen-bond donors (Lipinski definition) is 1. The SMILES string of the molecule is COCC1CCCN(Cc2csc(C(C)N)n2)C1. The van der Waals surface area contributed by atoms with Crippen LogP contribution >= 0.6 is 11.3 Å². The third-order valence-electron chi connectivity index (χ3n) is 3.35. The van der Waals surface area contributed by atoms with Crippen LogP contribution in [0.2, 0.25) is 0 Å². The van der Waals surface area contributed by atoms with Crippen molar-refractivity contribution >= 4 is 11.3 Å². The highest BCUT2D eigenvalue weighted by Gasteiger charge is 2.20. The second kappa shape index (κ2) is 6.61. The molecule has 2 rings (SSSR count). The van der Waals surface area contributed by atoms with E-state index in [1.165, 1.54) is 19.4 Å². The molecule has 1 aliphatic rings. The molecule has 2 heterocycles. The fourth-order valence-electron chi connectivity index (χ4n) is 2.50. The Balaban J connectivity index is 1.87. The molecule has 1 fully saturated rings. The molecule has 2 atom stereocenters. The topological polar surface area (TPSA) is 51.4 Å². The van der Waals surface area contributed by atoms with Gasteiger partial charge in [0.2, 0.25) is 0 Å². The first-order valence-electron chi connectivity index (χ1n) is 6.60. The molecular formula is C13H23N3OS. The maximum Gasteiger partial charge on any atom is 0.109 e. The third-order valence-corrected chi connectivity index (χ3v) is 4.44. The molecule has 0 spiro atoms. The summed E-state index contributed by atoms with van der Waals surface area (Å²) in [6.45, 7) is 6.10. The summed E-state index contributed by atoms with van der Waals surface area (Å²) in [7, 11) is 1.79. The predicted octanol–water partition coefficient (Wildman–Crippen LogP) is 2.02. The average Bonchev–Trinajstić information content (AvgIpc) is 2.78. The number of piperidine rings is 1. The molecule has 0 saturated carbocycles. The highest BCUT2D eigenvalue weighted by Crippen LogP contribution is 2.21. The smallest absolute Gasteiger partial charge is 0.109 e. The van der Waals surface area contributed by atoms with Gasteiger partial charge in [-0.1, -0.05) is 0 Å². The Morgan fingerprint density at radius 1 is 1.67 bits per heavy atom. The zero-order valence-corrected chi connectivity index (χ0v) is 12.1. The molecule has 4 nitrogen and oxygen atoms in total. The molecule has 1 aromatic rings. The highest BCUT2D eigenvalue weighted by molar-refractivity contribution is 7.09. The molecule has 0 aromatic carbocycles. The fraction of sp³-hybridized carbons (Fsp3) is 0.769. The lowest BCUT2D eigenvalue weighted by atomic mass is 9.99.